The number of imidazole rings is 1. The van der Waals surface area contributed by atoms with Gasteiger partial charge in [0.15, 0.2) is 0 Å². The summed E-state index contributed by atoms with van der Waals surface area (Å²) in [7, 11) is 1.65. The molecule has 5 heteroatoms. The van der Waals surface area contributed by atoms with Gasteiger partial charge in [0.05, 0.1) is 18.3 Å². The lowest BCUT2D eigenvalue weighted by atomic mass is 10.2. The maximum Gasteiger partial charge on any atom is 0.220 e. The van der Waals surface area contributed by atoms with Crippen LogP contribution in [0.25, 0.3) is 5.65 Å². The first-order chi connectivity index (χ1) is 9.19. The highest BCUT2D eigenvalue weighted by molar-refractivity contribution is 5.75. The number of aromatic nitrogens is 2. The third-order valence-electron chi connectivity index (χ3n) is 3.06. The molecule has 0 bridgehead atoms. The molecule has 1 atom stereocenters. The Kier molecular flexibility index (Phi) is 4.52. The average molecular weight is 261 g/mol. The SMILES string of the molecule is COC(C)CCC(=O)NCc1cn2ccccc2n1. The van der Waals surface area contributed by atoms with Crippen molar-refractivity contribution in [2.45, 2.75) is 32.4 Å². The fourth-order valence-corrected chi connectivity index (χ4v) is 1.80. The van der Waals surface area contributed by atoms with E-state index in [-0.39, 0.29) is 12.0 Å². The van der Waals surface area contributed by atoms with Crippen LogP contribution in [0.2, 0.25) is 0 Å². The number of hydrogen-bond donors (Lipinski definition) is 1. The average Bonchev–Trinajstić information content (AvgIpc) is 2.85. The van der Waals surface area contributed by atoms with Crippen LogP contribution in [-0.2, 0) is 16.1 Å². The zero-order chi connectivity index (χ0) is 13.7. The highest BCUT2D eigenvalue weighted by Gasteiger charge is 2.07. The first kappa shape index (κ1) is 13.5. The van der Waals surface area contributed by atoms with Crippen molar-refractivity contribution in [2.75, 3.05) is 7.11 Å². The molecule has 1 amide bonds. The number of pyridine rings is 1. The summed E-state index contributed by atoms with van der Waals surface area (Å²) in [5.74, 6) is 0.0287. The second-order valence-corrected chi connectivity index (χ2v) is 4.56. The molecule has 0 radical (unpaired) electrons. The lowest BCUT2D eigenvalue weighted by molar-refractivity contribution is -0.121. The van der Waals surface area contributed by atoms with Crippen molar-refractivity contribution in [3.8, 4) is 0 Å². The minimum Gasteiger partial charge on any atom is -0.382 e. The third kappa shape index (κ3) is 3.79. The first-order valence-corrected chi connectivity index (χ1v) is 6.41. The molecule has 1 unspecified atom stereocenters. The van der Waals surface area contributed by atoms with Gasteiger partial charge in [0.2, 0.25) is 5.91 Å². The van der Waals surface area contributed by atoms with Crippen molar-refractivity contribution in [3.05, 3.63) is 36.3 Å². The van der Waals surface area contributed by atoms with E-state index in [1.165, 1.54) is 0 Å². The molecule has 2 aromatic rings. The molecule has 1 N–H and O–H groups in total. The van der Waals surface area contributed by atoms with Crippen LogP contribution in [0.15, 0.2) is 30.6 Å². The normalized spacial score (nSPS) is 12.5. The van der Waals surface area contributed by atoms with Gasteiger partial charge in [0, 0.05) is 25.9 Å². The Balaban J connectivity index is 1.83. The second-order valence-electron chi connectivity index (χ2n) is 4.56. The predicted molar refractivity (Wildman–Crippen MR) is 72.7 cm³/mol. The Morgan fingerprint density at radius 1 is 1.53 bits per heavy atom. The van der Waals surface area contributed by atoms with Crippen molar-refractivity contribution >= 4 is 11.6 Å². The molecule has 5 nitrogen and oxygen atoms in total. The Morgan fingerprint density at radius 2 is 2.37 bits per heavy atom. The summed E-state index contributed by atoms with van der Waals surface area (Å²) in [5.41, 5.74) is 1.75. The van der Waals surface area contributed by atoms with Gasteiger partial charge in [-0.2, -0.15) is 0 Å². The van der Waals surface area contributed by atoms with Crippen LogP contribution in [0.4, 0.5) is 0 Å². The number of rotatable bonds is 6. The van der Waals surface area contributed by atoms with Crippen LogP contribution < -0.4 is 5.32 Å². The van der Waals surface area contributed by atoms with E-state index in [0.29, 0.717) is 13.0 Å². The summed E-state index contributed by atoms with van der Waals surface area (Å²) >= 11 is 0. The molecule has 0 aliphatic heterocycles. The number of carbonyl (C=O) groups excluding carboxylic acids is 1. The lowest BCUT2D eigenvalue weighted by Crippen LogP contribution is -2.24. The maximum absolute atomic E-state index is 11.7. The number of ether oxygens (including phenoxy) is 1. The van der Waals surface area contributed by atoms with Crippen molar-refractivity contribution in [3.63, 3.8) is 0 Å². The number of nitrogens with one attached hydrogen (secondary N) is 1. The van der Waals surface area contributed by atoms with Crippen molar-refractivity contribution < 1.29 is 9.53 Å². The van der Waals surface area contributed by atoms with E-state index in [1.807, 2.05) is 41.9 Å². The van der Waals surface area contributed by atoms with E-state index < -0.39 is 0 Å². The molecule has 2 rings (SSSR count). The van der Waals surface area contributed by atoms with Gasteiger partial charge in [0.25, 0.3) is 0 Å². The molecule has 0 saturated heterocycles. The minimum atomic E-state index is 0.0287. The second kappa shape index (κ2) is 6.33. The van der Waals surface area contributed by atoms with Crippen molar-refractivity contribution in [2.24, 2.45) is 0 Å². The fraction of sp³-hybridized carbons (Fsp3) is 0.429. The van der Waals surface area contributed by atoms with Crippen molar-refractivity contribution in [1.29, 1.82) is 0 Å². The Labute approximate surface area is 112 Å². The Bertz CT molecular complexity index is 517. The molecular weight excluding hydrogens is 242 g/mol. The number of amides is 1. The van der Waals surface area contributed by atoms with Gasteiger partial charge in [-0.3, -0.25) is 4.79 Å². The molecule has 0 aliphatic rings. The smallest absolute Gasteiger partial charge is 0.220 e. The predicted octanol–water partition coefficient (Wildman–Crippen LogP) is 1.77. The van der Waals surface area contributed by atoms with E-state index in [4.69, 9.17) is 4.74 Å². The molecule has 2 aromatic heterocycles. The van der Waals surface area contributed by atoms with Gasteiger partial charge in [-0.25, -0.2) is 4.98 Å². The van der Waals surface area contributed by atoms with Crippen LogP contribution in [0, 0.1) is 0 Å². The number of carbonyl (C=O) groups is 1. The summed E-state index contributed by atoms with van der Waals surface area (Å²) in [6, 6.07) is 5.82. The summed E-state index contributed by atoms with van der Waals surface area (Å²) in [6.07, 6.45) is 5.18. The van der Waals surface area contributed by atoms with E-state index in [1.54, 1.807) is 7.11 Å². The van der Waals surface area contributed by atoms with E-state index in [2.05, 4.69) is 10.3 Å². The van der Waals surface area contributed by atoms with Crippen molar-refractivity contribution in [1.82, 2.24) is 14.7 Å². The monoisotopic (exact) mass is 261 g/mol. The van der Waals surface area contributed by atoms with Gasteiger partial charge in [-0.1, -0.05) is 6.07 Å². The number of fused-ring (bicyclic) bond motifs is 1. The molecule has 0 aromatic carbocycles. The standard InChI is InChI=1S/C14H19N3O2/c1-11(19-2)6-7-14(18)15-9-12-10-17-8-4-3-5-13(17)16-12/h3-5,8,10-11H,6-7,9H2,1-2H3,(H,15,18). The molecule has 19 heavy (non-hydrogen) atoms. The van der Waals surface area contributed by atoms with Crippen LogP contribution in [0.1, 0.15) is 25.5 Å². The van der Waals surface area contributed by atoms with E-state index >= 15 is 0 Å². The maximum atomic E-state index is 11.7. The van der Waals surface area contributed by atoms with Crippen LogP contribution in [0.3, 0.4) is 0 Å². The quantitative estimate of drug-likeness (QED) is 0.862. The molecule has 0 saturated carbocycles. The highest BCUT2D eigenvalue weighted by Crippen LogP contribution is 2.04. The molecule has 102 valence electrons. The van der Waals surface area contributed by atoms with Crippen LogP contribution in [0.5, 0.6) is 0 Å². The fourth-order valence-electron chi connectivity index (χ4n) is 1.80. The number of methoxy groups -OCH3 is 1. The lowest BCUT2D eigenvalue weighted by Gasteiger charge is -2.08. The third-order valence-corrected chi connectivity index (χ3v) is 3.06. The number of hydrogen-bond acceptors (Lipinski definition) is 3. The largest absolute Gasteiger partial charge is 0.382 e. The number of nitrogens with zero attached hydrogens (tertiary/aromatic N) is 2. The molecule has 0 fully saturated rings. The van der Waals surface area contributed by atoms with Gasteiger partial charge >= 0.3 is 0 Å². The zero-order valence-electron chi connectivity index (χ0n) is 11.3. The molecule has 2 heterocycles. The molecule has 0 aliphatic carbocycles. The van der Waals surface area contributed by atoms with Gasteiger partial charge in [0.1, 0.15) is 5.65 Å². The van der Waals surface area contributed by atoms with Gasteiger partial charge in [-0.05, 0) is 25.5 Å². The zero-order valence-corrected chi connectivity index (χ0v) is 11.3. The summed E-state index contributed by atoms with van der Waals surface area (Å²) < 4.78 is 7.05. The summed E-state index contributed by atoms with van der Waals surface area (Å²) in [6.45, 7) is 2.41. The Hall–Kier alpha value is -1.88. The summed E-state index contributed by atoms with van der Waals surface area (Å²) in [4.78, 5) is 16.1. The topological polar surface area (TPSA) is 55.6 Å². The van der Waals surface area contributed by atoms with Gasteiger partial charge in [-0.15, -0.1) is 0 Å². The first-order valence-electron chi connectivity index (χ1n) is 6.41. The van der Waals surface area contributed by atoms with E-state index in [0.717, 1.165) is 17.8 Å². The van der Waals surface area contributed by atoms with Crippen LogP contribution >= 0.6 is 0 Å². The minimum absolute atomic E-state index is 0.0287. The summed E-state index contributed by atoms with van der Waals surface area (Å²) in [5, 5.41) is 2.87. The Morgan fingerprint density at radius 3 is 3.11 bits per heavy atom. The highest BCUT2D eigenvalue weighted by atomic mass is 16.5. The van der Waals surface area contributed by atoms with E-state index in [9.17, 15) is 4.79 Å². The van der Waals surface area contributed by atoms with Crippen LogP contribution in [-0.4, -0.2) is 28.5 Å². The van der Waals surface area contributed by atoms with Gasteiger partial charge < -0.3 is 14.5 Å². The molecular formula is C14H19N3O2. The molecule has 0 spiro atoms.